The van der Waals surface area contributed by atoms with Gasteiger partial charge in [-0.05, 0) is 18.2 Å². The summed E-state index contributed by atoms with van der Waals surface area (Å²) in [5.74, 6) is -0.868. The Bertz CT molecular complexity index is 953. The van der Waals surface area contributed by atoms with Gasteiger partial charge in [-0.1, -0.05) is 12.1 Å². The first kappa shape index (κ1) is 12.9. The minimum Gasteiger partial charge on any atom is -0.482 e. The molecule has 4 rings (SSSR count). The molecular weight excluding hydrogens is 290 g/mol. The zero-order valence-electron chi connectivity index (χ0n) is 11.3. The summed E-state index contributed by atoms with van der Waals surface area (Å²) in [6.07, 6.45) is 0.778. The summed E-state index contributed by atoms with van der Waals surface area (Å²) < 4.78 is 34.3. The molecule has 0 spiro atoms. The van der Waals surface area contributed by atoms with Crippen LogP contribution in [0.15, 0.2) is 47.4 Å². The Morgan fingerprint density at radius 1 is 1.23 bits per heavy atom. The SMILES string of the molecule is O=c1ncc2cccc3c2n1CC(c1ccc(F)cc1F)O3. The van der Waals surface area contributed by atoms with Crippen LogP contribution in [-0.4, -0.2) is 9.55 Å². The van der Waals surface area contributed by atoms with E-state index in [4.69, 9.17) is 4.74 Å². The summed E-state index contributed by atoms with van der Waals surface area (Å²) in [4.78, 5) is 15.8. The molecule has 1 unspecified atom stereocenters. The lowest BCUT2D eigenvalue weighted by Crippen LogP contribution is -2.31. The molecule has 22 heavy (non-hydrogen) atoms. The fourth-order valence-corrected chi connectivity index (χ4v) is 2.77. The van der Waals surface area contributed by atoms with E-state index in [-0.39, 0.29) is 12.1 Å². The van der Waals surface area contributed by atoms with Crippen LogP contribution in [0.2, 0.25) is 0 Å². The molecule has 0 fully saturated rings. The van der Waals surface area contributed by atoms with E-state index in [1.807, 2.05) is 6.07 Å². The van der Waals surface area contributed by atoms with Crippen LogP contribution in [0.1, 0.15) is 11.7 Å². The van der Waals surface area contributed by atoms with Gasteiger partial charge in [0.2, 0.25) is 0 Å². The average molecular weight is 300 g/mol. The lowest BCUT2D eigenvalue weighted by atomic mass is 10.1. The number of hydrogen-bond donors (Lipinski definition) is 0. The summed E-state index contributed by atoms with van der Waals surface area (Å²) in [6.45, 7) is 0.128. The van der Waals surface area contributed by atoms with Crippen LogP contribution in [-0.2, 0) is 6.54 Å². The Hall–Kier alpha value is -2.76. The molecule has 1 aromatic heterocycles. The van der Waals surface area contributed by atoms with Crippen molar-refractivity contribution in [2.75, 3.05) is 0 Å². The van der Waals surface area contributed by atoms with E-state index in [0.29, 0.717) is 11.3 Å². The summed E-state index contributed by atoms with van der Waals surface area (Å²) >= 11 is 0. The predicted molar refractivity (Wildman–Crippen MR) is 75.7 cm³/mol. The van der Waals surface area contributed by atoms with E-state index in [0.717, 1.165) is 11.5 Å². The van der Waals surface area contributed by atoms with Gasteiger partial charge in [-0.2, -0.15) is 0 Å². The highest BCUT2D eigenvalue weighted by Gasteiger charge is 2.26. The number of ether oxygens (including phenoxy) is 1. The Labute approximate surface area is 123 Å². The van der Waals surface area contributed by atoms with Gasteiger partial charge >= 0.3 is 5.69 Å². The molecule has 0 saturated carbocycles. The largest absolute Gasteiger partial charge is 0.482 e. The molecule has 3 aromatic rings. The van der Waals surface area contributed by atoms with Crippen LogP contribution >= 0.6 is 0 Å². The van der Waals surface area contributed by atoms with Crippen LogP contribution in [0, 0.1) is 11.6 Å². The number of benzene rings is 2. The Balaban J connectivity index is 1.88. The Kier molecular flexibility index (Phi) is 2.72. The van der Waals surface area contributed by atoms with Gasteiger partial charge < -0.3 is 4.74 Å². The zero-order chi connectivity index (χ0) is 15.3. The lowest BCUT2D eigenvalue weighted by Gasteiger charge is -2.27. The van der Waals surface area contributed by atoms with Crippen molar-refractivity contribution < 1.29 is 13.5 Å². The van der Waals surface area contributed by atoms with Gasteiger partial charge in [-0.25, -0.2) is 18.6 Å². The molecule has 0 radical (unpaired) electrons. The van der Waals surface area contributed by atoms with Crippen molar-refractivity contribution in [1.82, 2.24) is 9.55 Å². The first-order valence-electron chi connectivity index (χ1n) is 6.73. The molecule has 110 valence electrons. The molecule has 6 heteroatoms. The van der Waals surface area contributed by atoms with E-state index in [1.54, 1.807) is 12.1 Å². The fourth-order valence-electron chi connectivity index (χ4n) is 2.77. The Morgan fingerprint density at radius 3 is 2.91 bits per heavy atom. The quantitative estimate of drug-likeness (QED) is 0.694. The molecule has 0 N–H and O–H groups in total. The fraction of sp³-hybridized carbons (Fsp3) is 0.125. The molecule has 1 atom stereocenters. The van der Waals surface area contributed by atoms with Crippen molar-refractivity contribution >= 4 is 10.9 Å². The van der Waals surface area contributed by atoms with E-state index < -0.39 is 23.4 Å². The molecule has 0 amide bonds. The molecule has 4 nitrogen and oxygen atoms in total. The third kappa shape index (κ3) is 1.88. The van der Waals surface area contributed by atoms with Crippen molar-refractivity contribution in [3.05, 3.63) is 70.3 Å². The number of aromatic nitrogens is 2. The summed E-state index contributed by atoms with van der Waals surface area (Å²) in [5, 5.41) is 0.773. The molecule has 2 heterocycles. The van der Waals surface area contributed by atoms with E-state index in [1.165, 1.54) is 22.9 Å². The van der Waals surface area contributed by atoms with Crippen molar-refractivity contribution in [2.45, 2.75) is 12.6 Å². The van der Waals surface area contributed by atoms with Crippen LogP contribution < -0.4 is 10.4 Å². The topological polar surface area (TPSA) is 44.1 Å². The normalized spacial score (nSPS) is 16.5. The van der Waals surface area contributed by atoms with Gasteiger partial charge in [0.05, 0.1) is 12.1 Å². The maximum atomic E-state index is 14.0. The summed E-state index contributed by atoms with van der Waals surface area (Å²) in [7, 11) is 0. The van der Waals surface area contributed by atoms with Crippen molar-refractivity contribution in [2.24, 2.45) is 0 Å². The van der Waals surface area contributed by atoms with E-state index in [2.05, 4.69) is 4.98 Å². The van der Waals surface area contributed by atoms with Crippen molar-refractivity contribution in [1.29, 1.82) is 0 Å². The molecule has 1 aliphatic rings. The number of para-hydroxylation sites is 1. The Morgan fingerprint density at radius 2 is 2.09 bits per heavy atom. The number of hydrogen-bond acceptors (Lipinski definition) is 3. The highest BCUT2D eigenvalue weighted by molar-refractivity contribution is 5.84. The van der Waals surface area contributed by atoms with Gasteiger partial charge in [0, 0.05) is 23.2 Å². The monoisotopic (exact) mass is 300 g/mol. The highest BCUT2D eigenvalue weighted by Crippen LogP contribution is 2.35. The maximum Gasteiger partial charge on any atom is 0.348 e. The smallest absolute Gasteiger partial charge is 0.348 e. The van der Waals surface area contributed by atoms with Gasteiger partial charge in [-0.3, -0.25) is 4.57 Å². The van der Waals surface area contributed by atoms with Crippen LogP contribution in [0.3, 0.4) is 0 Å². The molecule has 0 bridgehead atoms. The van der Waals surface area contributed by atoms with Crippen molar-refractivity contribution in [3.63, 3.8) is 0 Å². The molecule has 0 saturated heterocycles. The number of halogens is 2. The highest BCUT2D eigenvalue weighted by atomic mass is 19.1. The maximum absolute atomic E-state index is 14.0. The molecule has 2 aromatic carbocycles. The first-order valence-corrected chi connectivity index (χ1v) is 6.73. The van der Waals surface area contributed by atoms with Gasteiger partial charge in [0.25, 0.3) is 0 Å². The van der Waals surface area contributed by atoms with Gasteiger partial charge in [0.15, 0.2) is 0 Å². The minimum absolute atomic E-state index is 0.128. The molecular formula is C16H10F2N2O2. The average Bonchev–Trinajstić information content (AvgIpc) is 2.50. The first-order chi connectivity index (χ1) is 10.6. The summed E-state index contributed by atoms with van der Waals surface area (Å²) in [5.41, 5.74) is 0.428. The third-order valence-corrected chi connectivity index (χ3v) is 3.77. The minimum atomic E-state index is -0.708. The second kappa shape index (κ2) is 4.62. The second-order valence-electron chi connectivity index (χ2n) is 5.12. The van der Waals surface area contributed by atoms with E-state index >= 15 is 0 Å². The number of rotatable bonds is 1. The van der Waals surface area contributed by atoms with Crippen LogP contribution in [0.4, 0.5) is 8.78 Å². The summed E-state index contributed by atoms with van der Waals surface area (Å²) in [6, 6.07) is 8.62. The lowest BCUT2D eigenvalue weighted by molar-refractivity contribution is 0.166. The van der Waals surface area contributed by atoms with Gasteiger partial charge in [-0.15, -0.1) is 0 Å². The molecule has 1 aliphatic heterocycles. The van der Waals surface area contributed by atoms with E-state index in [9.17, 15) is 13.6 Å². The van der Waals surface area contributed by atoms with Crippen LogP contribution in [0.25, 0.3) is 10.9 Å². The third-order valence-electron chi connectivity index (χ3n) is 3.77. The van der Waals surface area contributed by atoms with Crippen LogP contribution in [0.5, 0.6) is 5.75 Å². The predicted octanol–water partition coefficient (Wildman–Crippen LogP) is 2.81. The zero-order valence-corrected chi connectivity index (χ0v) is 11.3. The second-order valence-corrected chi connectivity index (χ2v) is 5.12. The van der Waals surface area contributed by atoms with Crippen molar-refractivity contribution in [3.8, 4) is 5.75 Å². The molecule has 0 aliphatic carbocycles. The van der Waals surface area contributed by atoms with Gasteiger partial charge in [0.1, 0.15) is 23.5 Å². The number of nitrogens with zero attached hydrogens (tertiary/aromatic N) is 2. The standard InChI is InChI=1S/C16H10F2N2O2/c17-10-4-5-11(12(18)6-10)14-8-20-15-9(7-19-16(20)21)2-1-3-13(15)22-14/h1-7,14H,8H2.